The van der Waals surface area contributed by atoms with E-state index >= 15 is 0 Å². The first-order valence-electron chi connectivity index (χ1n) is 6.99. The Morgan fingerprint density at radius 2 is 2.05 bits per heavy atom. The van der Waals surface area contributed by atoms with Crippen molar-refractivity contribution in [3.8, 4) is 0 Å². The number of likely N-dealkylation sites (tertiary alicyclic amines) is 1. The highest BCUT2D eigenvalue weighted by molar-refractivity contribution is 9.10. The standard InChI is InChI=1S/C14H18BrN3O3/c15-13-8-12(18(20)21)5-4-11(13)9-16-10-14(19)17-6-2-1-3-7-17/h4-5,8,16H,1-3,6-7,9-10H2. The molecule has 6 nitrogen and oxygen atoms in total. The highest BCUT2D eigenvalue weighted by Crippen LogP contribution is 2.22. The van der Waals surface area contributed by atoms with Gasteiger partial charge in [0.15, 0.2) is 0 Å². The van der Waals surface area contributed by atoms with Crippen molar-refractivity contribution in [2.24, 2.45) is 0 Å². The smallest absolute Gasteiger partial charge is 0.270 e. The average Bonchev–Trinajstić information content (AvgIpc) is 2.49. The van der Waals surface area contributed by atoms with E-state index in [1.54, 1.807) is 6.07 Å². The number of non-ortho nitro benzene ring substituents is 1. The van der Waals surface area contributed by atoms with Crippen LogP contribution in [0.5, 0.6) is 0 Å². The number of nitro benzene ring substituents is 1. The Bertz CT molecular complexity index is 530. The molecule has 114 valence electrons. The number of halogens is 1. The number of nitrogens with one attached hydrogen (secondary N) is 1. The maximum atomic E-state index is 12.0. The summed E-state index contributed by atoms with van der Waals surface area (Å²) in [5.74, 6) is 0.118. The summed E-state index contributed by atoms with van der Waals surface area (Å²) < 4.78 is 0.676. The lowest BCUT2D eigenvalue weighted by Gasteiger charge is -2.26. The summed E-state index contributed by atoms with van der Waals surface area (Å²) in [5.41, 5.74) is 0.946. The van der Waals surface area contributed by atoms with E-state index in [-0.39, 0.29) is 11.6 Å². The van der Waals surface area contributed by atoms with Gasteiger partial charge in [-0.25, -0.2) is 0 Å². The minimum Gasteiger partial charge on any atom is -0.342 e. The van der Waals surface area contributed by atoms with Crippen LogP contribution in [0.1, 0.15) is 24.8 Å². The maximum Gasteiger partial charge on any atom is 0.270 e. The molecule has 1 fully saturated rings. The van der Waals surface area contributed by atoms with Crippen LogP contribution in [0.4, 0.5) is 5.69 Å². The van der Waals surface area contributed by atoms with Crippen molar-refractivity contribution >= 4 is 27.5 Å². The molecule has 1 heterocycles. The molecule has 2 rings (SSSR count). The quantitative estimate of drug-likeness (QED) is 0.650. The van der Waals surface area contributed by atoms with E-state index in [1.807, 2.05) is 4.90 Å². The molecule has 1 N–H and O–H groups in total. The van der Waals surface area contributed by atoms with E-state index in [0.717, 1.165) is 31.5 Å². The van der Waals surface area contributed by atoms with E-state index in [0.29, 0.717) is 17.6 Å². The van der Waals surface area contributed by atoms with Gasteiger partial charge in [0, 0.05) is 36.2 Å². The average molecular weight is 356 g/mol. The van der Waals surface area contributed by atoms with Crippen molar-refractivity contribution in [2.75, 3.05) is 19.6 Å². The summed E-state index contributed by atoms with van der Waals surface area (Å²) in [6, 6.07) is 4.64. The fraction of sp³-hybridized carbons (Fsp3) is 0.500. The molecule has 1 saturated heterocycles. The van der Waals surface area contributed by atoms with Crippen LogP contribution >= 0.6 is 15.9 Å². The van der Waals surface area contributed by atoms with Crippen LogP contribution < -0.4 is 5.32 Å². The second-order valence-corrected chi connectivity index (χ2v) is 5.93. The summed E-state index contributed by atoms with van der Waals surface area (Å²) in [5, 5.41) is 13.8. The van der Waals surface area contributed by atoms with Gasteiger partial charge in [0.25, 0.3) is 5.69 Å². The lowest BCUT2D eigenvalue weighted by atomic mass is 10.1. The second kappa shape index (κ2) is 7.51. The van der Waals surface area contributed by atoms with Crippen molar-refractivity contribution in [1.82, 2.24) is 10.2 Å². The molecule has 1 aromatic rings. The first kappa shape index (κ1) is 15.9. The number of carbonyl (C=O) groups excluding carboxylic acids is 1. The fourth-order valence-corrected chi connectivity index (χ4v) is 2.86. The van der Waals surface area contributed by atoms with Crippen LogP contribution in [0, 0.1) is 10.1 Å². The Morgan fingerprint density at radius 1 is 1.33 bits per heavy atom. The third-order valence-electron chi connectivity index (χ3n) is 3.55. The Morgan fingerprint density at radius 3 is 2.67 bits per heavy atom. The summed E-state index contributed by atoms with van der Waals surface area (Å²) in [6.45, 7) is 2.49. The fourth-order valence-electron chi connectivity index (χ4n) is 2.35. The van der Waals surface area contributed by atoms with Gasteiger partial charge >= 0.3 is 0 Å². The molecular weight excluding hydrogens is 338 g/mol. The maximum absolute atomic E-state index is 12.0. The summed E-state index contributed by atoms with van der Waals surface area (Å²) in [7, 11) is 0. The molecule has 0 saturated carbocycles. The Labute approximate surface area is 131 Å². The Hall–Kier alpha value is -1.47. The van der Waals surface area contributed by atoms with Gasteiger partial charge < -0.3 is 10.2 Å². The molecular formula is C14H18BrN3O3. The van der Waals surface area contributed by atoms with Crippen LogP contribution in [0.15, 0.2) is 22.7 Å². The number of carbonyl (C=O) groups is 1. The molecule has 0 atom stereocenters. The highest BCUT2D eigenvalue weighted by Gasteiger charge is 2.16. The van der Waals surface area contributed by atoms with Gasteiger partial charge in [-0.1, -0.05) is 15.9 Å². The van der Waals surface area contributed by atoms with E-state index < -0.39 is 4.92 Å². The predicted molar refractivity (Wildman–Crippen MR) is 82.9 cm³/mol. The van der Waals surface area contributed by atoms with Crippen LogP contribution in [-0.2, 0) is 11.3 Å². The second-order valence-electron chi connectivity index (χ2n) is 5.08. The highest BCUT2D eigenvalue weighted by atomic mass is 79.9. The molecule has 1 amide bonds. The molecule has 0 aromatic heterocycles. The third kappa shape index (κ3) is 4.50. The molecule has 0 unspecified atom stereocenters. The Kier molecular flexibility index (Phi) is 5.69. The van der Waals surface area contributed by atoms with Gasteiger partial charge in [0.05, 0.1) is 11.5 Å². The van der Waals surface area contributed by atoms with Gasteiger partial charge in [-0.05, 0) is 30.9 Å². The number of nitrogens with zero attached hydrogens (tertiary/aromatic N) is 2. The number of hydrogen-bond donors (Lipinski definition) is 1. The molecule has 1 aromatic carbocycles. The van der Waals surface area contributed by atoms with Gasteiger partial charge in [0.2, 0.25) is 5.91 Å². The zero-order valence-corrected chi connectivity index (χ0v) is 13.3. The number of nitro groups is 1. The largest absolute Gasteiger partial charge is 0.342 e. The molecule has 1 aliphatic rings. The number of amides is 1. The van der Waals surface area contributed by atoms with E-state index in [9.17, 15) is 14.9 Å². The monoisotopic (exact) mass is 355 g/mol. The predicted octanol–water partition coefficient (Wildman–Crippen LogP) is 2.46. The molecule has 7 heteroatoms. The van der Waals surface area contributed by atoms with E-state index in [2.05, 4.69) is 21.2 Å². The normalized spacial score (nSPS) is 15.0. The SMILES string of the molecule is O=C(CNCc1ccc([N+](=O)[O-])cc1Br)N1CCCCC1. The minimum absolute atomic E-state index is 0.0509. The van der Waals surface area contributed by atoms with Gasteiger partial charge in [-0.15, -0.1) is 0 Å². The van der Waals surface area contributed by atoms with Gasteiger partial charge in [0.1, 0.15) is 0 Å². The molecule has 0 spiro atoms. The third-order valence-corrected chi connectivity index (χ3v) is 4.29. The van der Waals surface area contributed by atoms with Crippen molar-refractivity contribution in [3.05, 3.63) is 38.3 Å². The van der Waals surface area contributed by atoms with Crippen molar-refractivity contribution in [2.45, 2.75) is 25.8 Å². The van der Waals surface area contributed by atoms with Gasteiger partial charge in [-0.2, -0.15) is 0 Å². The summed E-state index contributed by atoms with van der Waals surface area (Å²) in [6.07, 6.45) is 3.37. The van der Waals surface area contributed by atoms with Crippen LogP contribution in [0.25, 0.3) is 0 Å². The molecule has 0 radical (unpaired) electrons. The van der Waals surface area contributed by atoms with Crippen molar-refractivity contribution < 1.29 is 9.72 Å². The van der Waals surface area contributed by atoms with Crippen molar-refractivity contribution in [1.29, 1.82) is 0 Å². The first-order valence-corrected chi connectivity index (χ1v) is 7.78. The van der Waals surface area contributed by atoms with Gasteiger partial charge in [-0.3, -0.25) is 14.9 Å². The van der Waals surface area contributed by atoms with Crippen molar-refractivity contribution in [3.63, 3.8) is 0 Å². The van der Waals surface area contributed by atoms with E-state index in [1.165, 1.54) is 18.6 Å². The molecule has 21 heavy (non-hydrogen) atoms. The lowest BCUT2D eigenvalue weighted by molar-refractivity contribution is -0.384. The first-order chi connectivity index (χ1) is 10.1. The molecule has 0 bridgehead atoms. The lowest BCUT2D eigenvalue weighted by Crippen LogP contribution is -2.40. The van der Waals surface area contributed by atoms with E-state index in [4.69, 9.17) is 0 Å². The number of rotatable bonds is 5. The zero-order chi connectivity index (χ0) is 15.2. The number of hydrogen-bond acceptors (Lipinski definition) is 4. The Balaban J connectivity index is 1.83. The summed E-state index contributed by atoms with van der Waals surface area (Å²) >= 11 is 3.32. The summed E-state index contributed by atoms with van der Waals surface area (Å²) in [4.78, 5) is 24.1. The molecule has 0 aliphatic carbocycles. The molecule has 1 aliphatic heterocycles. The zero-order valence-electron chi connectivity index (χ0n) is 11.7. The van der Waals surface area contributed by atoms with Crippen LogP contribution in [0.2, 0.25) is 0 Å². The van der Waals surface area contributed by atoms with Crippen LogP contribution in [0.3, 0.4) is 0 Å². The number of piperidine rings is 1. The minimum atomic E-state index is -0.429. The number of benzene rings is 1. The van der Waals surface area contributed by atoms with Crippen LogP contribution in [-0.4, -0.2) is 35.4 Å². The topological polar surface area (TPSA) is 75.5 Å².